The molecule has 0 atom stereocenters. The summed E-state index contributed by atoms with van der Waals surface area (Å²) in [6, 6.07) is 21.0. The first-order valence-electron chi connectivity index (χ1n) is 8.62. The maximum atomic E-state index is 4.28. The highest BCUT2D eigenvalue weighted by atomic mass is 14.7. The lowest BCUT2D eigenvalue weighted by Gasteiger charge is -2.02. The first-order valence-corrected chi connectivity index (χ1v) is 8.62. The van der Waals surface area contributed by atoms with Crippen LogP contribution < -0.4 is 0 Å². The minimum absolute atomic E-state index is 1.11. The highest BCUT2D eigenvalue weighted by molar-refractivity contribution is 5.85. The van der Waals surface area contributed by atoms with E-state index in [2.05, 4.69) is 86.4 Å². The number of nitrogens with zero attached hydrogens (tertiary/aromatic N) is 1. The Morgan fingerprint density at radius 2 is 1.17 bits per heavy atom. The summed E-state index contributed by atoms with van der Waals surface area (Å²) < 4.78 is 0. The summed E-state index contributed by atoms with van der Waals surface area (Å²) in [5.74, 6) is 0. The number of para-hydroxylation sites is 1. The number of rotatable bonds is 1. The molecule has 0 spiro atoms. The van der Waals surface area contributed by atoms with E-state index in [1.165, 1.54) is 27.5 Å². The third-order valence-electron chi connectivity index (χ3n) is 3.71. The van der Waals surface area contributed by atoms with E-state index in [1.807, 2.05) is 27.0 Å². The fourth-order valence-corrected chi connectivity index (χ4v) is 2.53. The van der Waals surface area contributed by atoms with E-state index < -0.39 is 0 Å². The van der Waals surface area contributed by atoms with Crippen molar-refractivity contribution >= 4 is 22.7 Å². The van der Waals surface area contributed by atoms with Gasteiger partial charge in [-0.05, 0) is 55.2 Å². The van der Waals surface area contributed by atoms with Gasteiger partial charge in [-0.2, -0.15) is 0 Å². The summed E-state index contributed by atoms with van der Waals surface area (Å²) >= 11 is 0. The third-order valence-corrected chi connectivity index (χ3v) is 3.71. The number of hydrogen-bond acceptors (Lipinski definition) is 1. The fourth-order valence-electron chi connectivity index (χ4n) is 2.53. The zero-order valence-electron chi connectivity index (χ0n) is 15.8. The highest BCUT2D eigenvalue weighted by Crippen LogP contribution is 2.22. The van der Waals surface area contributed by atoms with Gasteiger partial charge < -0.3 is 0 Å². The first-order chi connectivity index (χ1) is 11.6. The lowest BCUT2D eigenvalue weighted by Crippen LogP contribution is -1.78. The molecule has 0 N–H and O–H groups in total. The van der Waals surface area contributed by atoms with Crippen molar-refractivity contribution in [2.24, 2.45) is 4.99 Å². The van der Waals surface area contributed by atoms with Gasteiger partial charge in [0, 0.05) is 6.21 Å². The average molecular weight is 319 g/mol. The molecule has 1 heteroatoms. The number of fused-ring (bicyclic) bond motifs is 1. The van der Waals surface area contributed by atoms with Crippen molar-refractivity contribution in [2.45, 2.75) is 41.5 Å². The van der Waals surface area contributed by atoms with Crippen LogP contribution in [0.1, 0.15) is 37.5 Å². The van der Waals surface area contributed by atoms with E-state index in [-0.39, 0.29) is 0 Å². The Labute approximate surface area is 147 Å². The second kappa shape index (κ2) is 10.4. The zero-order chi connectivity index (χ0) is 17.9. The van der Waals surface area contributed by atoms with Crippen LogP contribution >= 0.6 is 0 Å². The Hall–Kier alpha value is -2.41. The van der Waals surface area contributed by atoms with E-state index >= 15 is 0 Å². The molecule has 0 saturated carbocycles. The molecule has 0 amide bonds. The maximum Gasteiger partial charge on any atom is 0.0683 e. The summed E-state index contributed by atoms with van der Waals surface area (Å²) in [7, 11) is 0. The van der Waals surface area contributed by atoms with Gasteiger partial charge in [0.2, 0.25) is 0 Å². The lowest BCUT2D eigenvalue weighted by molar-refractivity contribution is 1.33. The van der Waals surface area contributed by atoms with Crippen molar-refractivity contribution in [1.82, 2.24) is 0 Å². The molecule has 0 fully saturated rings. The zero-order valence-corrected chi connectivity index (χ0v) is 15.8. The van der Waals surface area contributed by atoms with Gasteiger partial charge in [0.25, 0.3) is 0 Å². The maximum absolute atomic E-state index is 4.28. The van der Waals surface area contributed by atoms with Gasteiger partial charge in [0.05, 0.1) is 5.69 Å². The van der Waals surface area contributed by atoms with Crippen molar-refractivity contribution < 1.29 is 0 Å². The molecule has 0 bridgehead atoms. The van der Waals surface area contributed by atoms with E-state index in [1.54, 1.807) is 0 Å². The Morgan fingerprint density at radius 1 is 0.667 bits per heavy atom. The summed E-state index contributed by atoms with van der Waals surface area (Å²) in [6.07, 6.45) is 1.83. The van der Waals surface area contributed by atoms with E-state index in [0.29, 0.717) is 0 Å². The van der Waals surface area contributed by atoms with Gasteiger partial charge in [-0.1, -0.05) is 74.5 Å². The van der Waals surface area contributed by atoms with Crippen LogP contribution in [0, 0.1) is 20.8 Å². The normalized spacial score (nSPS) is 9.92. The molecule has 0 aliphatic rings. The fraction of sp³-hybridized carbons (Fsp3) is 0.261. The average Bonchev–Trinajstić information content (AvgIpc) is 2.61. The van der Waals surface area contributed by atoms with Crippen molar-refractivity contribution in [2.75, 3.05) is 0 Å². The third kappa shape index (κ3) is 5.34. The van der Waals surface area contributed by atoms with E-state index in [0.717, 1.165) is 5.69 Å². The standard InChI is InChI=1S/C11H10.C10H13N.C2H6/c1-9-5-4-7-10-6-2-3-8-11(9)10;1-4-11-10-8(2)6-5-7-9(10)3;1-2/h2-8H,1H3;4-7H,1-3H3;1-2H3. The second-order valence-electron chi connectivity index (χ2n) is 5.42. The molecule has 0 heterocycles. The Morgan fingerprint density at radius 3 is 1.75 bits per heavy atom. The van der Waals surface area contributed by atoms with Crippen LogP contribution in [-0.2, 0) is 0 Å². The van der Waals surface area contributed by atoms with E-state index in [9.17, 15) is 0 Å². The SMILES string of the molecule is CC.CC=Nc1c(C)cccc1C.Cc1cccc2ccccc12. The molecule has 1 nitrogen and oxygen atoms in total. The number of aliphatic imine (C=N–C) groups is 1. The molecule has 0 saturated heterocycles. The van der Waals surface area contributed by atoms with Crippen LogP contribution in [0.5, 0.6) is 0 Å². The van der Waals surface area contributed by atoms with Crippen molar-refractivity contribution in [3.63, 3.8) is 0 Å². The lowest BCUT2D eigenvalue weighted by atomic mass is 10.1. The van der Waals surface area contributed by atoms with Gasteiger partial charge in [0.1, 0.15) is 0 Å². The second-order valence-corrected chi connectivity index (χ2v) is 5.42. The Balaban J connectivity index is 0.000000218. The number of hydrogen-bond donors (Lipinski definition) is 0. The van der Waals surface area contributed by atoms with Crippen molar-refractivity contribution in [3.8, 4) is 0 Å². The molecule has 3 aromatic rings. The number of aryl methyl sites for hydroxylation is 3. The largest absolute Gasteiger partial charge is 0.261 e. The minimum Gasteiger partial charge on any atom is -0.261 e. The van der Waals surface area contributed by atoms with Gasteiger partial charge >= 0.3 is 0 Å². The van der Waals surface area contributed by atoms with Crippen LogP contribution in [0.15, 0.2) is 65.7 Å². The van der Waals surface area contributed by atoms with Gasteiger partial charge in [-0.25, -0.2) is 0 Å². The van der Waals surface area contributed by atoms with E-state index in [4.69, 9.17) is 0 Å². The summed E-state index contributed by atoms with van der Waals surface area (Å²) in [4.78, 5) is 4.28. The van der Waals surface area contributed by atoms with Crippen LogP contribution in [0.4, 0.5) is 5.69 Å². The predicted octanol–water partition coefficient (Wildman–Crippen LogP) is 7.20. The van der Waals surface area contributed by atoms with Gasteiger partial charge in [0.15, 0.2) is 0 Å². The van der Waals surface area contributed by atoms with Crippen LogP contribution in [0.2, 0.25) is 0 Å². The molecule has 3 rings (SSSR count). The van der Waals surface area contributed by atoms with Gasteiger partial charge in [-0.3, -0.25) is 4.99 Å². The molecule has 0 aromatic heterocycles. The monoisotopic (exact) mass is 319 g/mol. The van der Waals surface area contributed by atoms with Crippen LogP contribution in [-0.4, -0.2) is 6.21 Å². The molecular formula is C23H29N. The first kappa shape index (κ1) is 19.6. The van der Waals surface area contributed by atoms with Crippen molar-refractivity contribution in [1.29, 1.82) is 0 Å². The molecule has 0 aliphatic heterocycles. The summed E-state index contributed by atoms with van der Waals surface area (Å²) in [5, 5.41) is 2.68. The minimum atomic E-state index is 1.11. The predicted molar refractivity (Wildman–Crippen MR) is 110 cm³/mol. The summed E-state index contributed by atoms with van der Waals surface area (Å²) in [5.41, 5.74) is 4.93. The van der Waals surface area contributed by atoms with Gasteiger partial charge in [-0.15, -0.1) is 0 Å². The molecule has 126 valence electrons. The molecular weight excluding hydrogens is 290 g/mol. The highest BCUT2D eigenvalue weighted by Gasteiger charge is 1.96. The van der Waals surface area contributed by atoms with Crippen LogP contribution in [0.25, 0.3) is 10.8 Å². The number of benzene rings is 3. The van der Waals surface area contributed by atoms with Crippen molar-refractivity contribution in [3.05, 3.63) is 77.4 Å². The van der Waals surface area contributed by atoms with Crippen LogP contribution in [0.3, 0.4) is 0 Å². The molecule has 0 unspecified atom stereocenters. The molecule has 24 heavy (non-hydrogen) atoms. The quantitative estimate of drug-likeness (QED) is 0.420. The molecule has 0 radical (unpaired) electrons. The topological polar surface area (TPSA) is 12.4 Å². The molecule has 3 aromatic carbocycles. The molecule has 0 aliphatic carbocycles. The smallest absolute Gasteiger partial charge is 0.0683 e. The Bertz CT molecular complexity index is 759. The Kier molecular flexibility index (Phi) is 8.49. The summed E-state index contributed by atoms with van der Waals surface area (Å²) in [6.45, 7) is 12.2.